The van der Waals surface area contributed by atoms with Gasteiger partial charge in [-0.25, -0.2) is 9.79 Å². The van der Waals surface area contributed by atoms with Crippen LogP contribution < -0.4 is 4.74 Å². The lowest BCUT2D eigenvalue weighted by Crippen LogP contribution is -2.23. The van der Waals surface area contributed by atoms with Crippen LogP contribution in [0.5, 0.6) is 5.75 Å². The molecule has 7 nitrogen and oxygen atoms in total. The van der Waals surface area contributed by atoms with Gasteiger partial charge in [-0.05, 0) is 76.8 Å². The van der Waals surface area contributed by atoms with Gasteiger partial charge >= 0.3 is 5.97 Å². The Morgan fingerprint density at radius 3 is 2.24 bits per heavy atom. The number of ether oxygens (including phenoxy) is 1. The maximum absolute atomic E-state index is 12.7. The van der Waals surface area contributed by atoms with Crippen LogP contribution in [0.4, 0.5) is 5.69 Å². The van der Waals surface area contributed by atoms with E-state index in [2.05, 4.69) is 43.1 Å². The third-order valence-electron chi connectivity index (χ3n) is 5.78. The number of Topliss-reactive ketones (excluding diaryl/α,β-unsaturated/α-hetero) is 1. The second kappa shape index (κ2) is 11.3. The molecule has 1 fully saturated rings. The van der Waals surface area contributed by atoms with Crippen LogP contribution in [0.15, 0.2) is 82.7 Å². The van der Waals surface area contributed by atoms with E-state index in [9.17, 15) is 14.4 Å². The van der Waals surface area contributed by atoms with Crippen molar-refractivity contribution in [2.75, 3.05) is 7.05 Å². The quantitative estimate of drug-likeness (QED) is 0.229. The summed E-state index contributed by atoms with van der Waals surface area (Å²) in [5.74, 6) is -1.44. The number of hydrogen-bond donors (Lipinski definition) is 1. The summed E-state index contributed by atoms with van der Waals surface area (Å²) < 4.78 is 5.90. The Labute approximate surface area is 219 Å². The molecule has 188 valence electrons. The molecule has 0 atom stereocenters. The van der Waals surface area contributed by atoms with E-state index in [1.54, 1.807) is 25.3 Å². The molecule has 3 aromatic rings. The number of carbonyl (C=O) groups excluding carboxylic acids is 2. The Balaban J connectivity index is 1.40. The number of hydrogen-bond acceptors (Lipinski definition) is 6. The number of ketones is 1. The molecule has 0 bridgehead atoms. The molecule has 0 aromatic heterocycles. The van der Waals surface area contributed by atoms with Crippen molar-refractivity contribution < 1.29 is 24.2 Å². The largest absolute Gasteiger partial charge is 0.489 e. The van der Waals surface area contributed by atoms with Gasteiger partial charge in [0.25, 0.3) is 11.7 Å². The van der Waals surface area contributed by atoms with Crippen molar-refractivity contribution >= 4 is 46.4 Å². The van der Waals surface area contributed by atoms with Crippen LogP contribution in [-0.2, 0) is 16.2 Å². The lowest BCUT2D eigenvalue weighted by molar-refractivity contribution is -0.131. The second-order valence-electron chi connectivity index (χ2n) is 8.80. The highest BCUT2D eigenvalue weighted by Crippen LogP contribution is 2.33. The number of carbonyl (C=O) groups is 3. The summed E-state index contributed by atoms with van der Waals surface area (Å²) in [7, 11) is 1.64. The molecule has 3 aromatic carbocycles. The third kappa shape index (κ3) is 6.34. The molecule has 37 heavy (non-hydrogen) atoms. The van der Waals surface area contributed by atoms with Crippen molar-refractivity contribution in [2.24, 2.45) is 4.99 Å². The molecular formula is C29H26N2O5S. The number of likely N-dealkylation sites (N-methyl/N-ethyl adjacent to an activating group) is 1. The van der Waals surface area contributed by atoms with Crippen LogP contribution >= 0.6 is 11.8 Å². The van der Waals surface area contributed by atoms with E-state index in [1.807, 2.05) is 24.3 Å². The summed E-state index contributed by atoms with van der Waals surface area (Å²) in [6, 6.07) is 21.8. The van der Waals surface area contributed by atoms with Crippen LogP contribution in [0.2, 0.25) is 0 Å². The number of benzene rings is 3. The van der Waals surface area contributed by atoms with Crippen molar-refractivity contribution in [1.82, 2.24) is 4.90 Å². The topological polar surface area (TPSA) is 96.3 Å². The first-order valence-electron chi connectivity index (χ1n) is 11.7. The molecule has 1 N–H and O–H groups in total. The minimum Gasteiger partial charge on any atom is -0.489 e. The van der Waals surface area contributed by atoms with Gasteiger partial charge in [0, 0.05) is 12.6 Å². The number of amidine groups is 1. The Morgan fingerprint density at radius 2 is 1.65 bits per heavy atom. The van der Waals surface area contributed by atoms with Crippen molar-refractivity contribution in [3.05, 3.63) is 100.0 Å². The van der Waals surface area contributed by atoms with E-state index in [-0.39, 0.29) is 11.5 Å². The Hall–Kier alpha value is -4.17. The van der Waals surface area contributed by atoms with Gasteiger partial charge in [0.1, 0.15) is 12.4 Å². The predicted molar refractivity (Wildman–Crippen MR) is 145 cm³/mol. The van der Waals surface area contributed by atoms with Crippen molar-refractivity contribution in [1.29, 1.82) is 0 Å². The van der Waals surface area contributed by atoms with E-state index >= 15 is 0 Å². The molecule has 0 saturated carbocycles. The summed E-state index contributed by atoms with van der Waals surface area (Å²) in [6.45, 7) is 4.81. The van der Waals surface area contributed by atoms with Gasteiger partial charge in [0.2, 0.25) is 0 Å². The fourth-order valence-electron chi connectivity index (χ4n) is 3.55. The minimum atomic E-state index is -1.51. The Morgan fingerprint density at radius 1 is 1.00 bits per heavy atom. The van der Waals surface area contributed by atoms with Gasteiger partial charge in [0.15, 0.2) is 5.17 Å². The lowest BCUT2D eigenvalue weighted by atomic mass is 10.0. The molecule has 0 unspecified atom stereocenters. The maximum atomic E-state index is 12.7. The van der Waals surface area contributed by atoms with Crippen LogP contribution in [0.1, 0.15) is 46.8 Å². The van der Waals surface area contributed by atoms with E-state index in [1.165, 1.54) is 34.4 Å². The fourth-order valence-corrected chi connectivity index (χ4v) is 4.54. The molecule has 4 rings (SSSR count). The third-order valence-corrected chi connectivity index (χ3v) is 6.84. The van der Waals surface area contributed by atoms with E-state index < -0.39 is 11.8 Å². The average molecular weight is 515 g/mol. The summed E-state index contributed by atoms with van der Waals surface area (Å²) in [6.07, 6.45) is 1.80. The zero-order chi connectivity index (χ0) is 26.5. The molecule has 0 aliphatic carbocycles. The highest BCUT2D eigenvalue weighted by Gasteiger charge is 2.30. The monoisotopic (exact) mass is 514 g/mol. The SMILES string of the molecule is CC(C)c1ccc(COc2ccc(C=C3SC(=Nc4ccc(C(=O)C(=O)O)cc4)N(C)C3=O)cc2)cc1. The highest BCUT2D eigenvalue weighted by molar-refractivity contribution is 8.18. The molecule has 1 aliphatic rings. The Bertz CT molecular complexity index is 1380. The molecule has 0 radical (unpaired) electrons. The molecule has 1 aliphatic heterocycles. The van der Waals surface area contributed by atoms with Gasteiger partial charge in [-0.3, -0.25) is 14.5 Å². The lowest BCUT2D eigenvalue weighted by Gasteiger charge is -2.09. The first-order valence-corrected chi connectivity index (χ1v) is 12.5. The van der Waals surface area contributed by atoms with Crippen LogP contribution in [0, 0.1) is 0 Å². The van der Waals surface area contributed by atoms with Gasteiger partial charge < -0.3 is 9.84 Å². The van der Waals surface area contributed by atoms with Crippen molar-refractivity contribution in [3.8, 4) is 5.75 Å². The number of rotatable bonds is 8. The number of aliphatic imine (C=N–C) groups is 1. The zero-order valence-corrected chi connectivity index (χ0v) is 21.5. The normalized spacial score (nSPS) is 15.6. The first-order chi connectivity index (χ1) is 17.7. The maximum Gasteiger partial charge on any atom is 0.377 e. The van der Waals surface area contributed by atoms with Crippen molar-refractivity contribution in [2.45, 2.75) is 26.4 Å². The number of nitrogens with zero attached hydrogens (tertiary/aromatic N) is 2. The van der Waals surface area contributed by atoms with Crippen LogP contribution in [0.3, 0.4) is 0 Å². The number of thioether (sulfide) groups is 1. The van der Waals surface area contributed by atoms with Crippen molar-refractivity contribution in [3.63, 3.8) is 0 Å². The number of aliphatic carboxylic acids is 1. The average Bonchev–Trinajstić information content (AvgIpc) is 3.16. The summed E-state index contributed by atoms with van der Waals surface area (Å²) in [5.41, 5.74) is 3.82. The van der Waals surface area contributed by atoms with Gasteiger partial charge in [0.05, 0.1) is 10.6 Å². The Kier molecular flexibility index (Phi) is 7.89. The molecular weight excluding hydrogens is 488 g/mol. The van der Waals surface area contributed by atoms with Crippen LogP contribution in [0.25, 0.3) is 6.08 Å². The molecule has 1 heterocycles. The first kappa shape index (κ1) is 25.9. The van der Waals surface area contributed by atoms with Gasteiger partial charge in [-0.15, -0.1) is 0 Å². The standard InChI is InChI=1S/C29H26N2O5S/c1-18(2)21-8-4-20(5-9-21)17-36-24-14-6-19(7-15-24)16-25-27(33)31(3)29(37-25)30-23-12-10-22(11-13-23)26(32)28(34)35/h4-16,18H,17H2,1-3H3,(H,34,35). The second-order valence-corrected chi connectivity index (χ2v) is 9.81. The highest BCUT2D eigenvalue weighted by atomic mass is 32.2. The molecule has 1 saturated heterocycles. The van der Waals surface area contributed by atoms with E-state index in [0.29, 0.717) is 28.3 Å². The summed E-state index contributed by atoms with van der Waals surface area (Å²) in [5, 5.41) is 9.31. The summed E-state index contributed by atoms with van der Waals surface area (Å²) in [4.78, 5) is 41.6. The fraction of sp³-hybridized carbons (Fsp3) is 0.172. The predicted octanol–water partition coefficient (Wildman–Crippen LogP) is 5.89. The van der Waals surface area contributed by atoms with Crippen LogP contribution in [-0.4, -0.2) is 39.9 Å². The van der Waals surface area contributed by atoms with E-state index in [0.717, 1.165) is 16.9 Å². The van der Waals surface area contributed by atoms with Gasteiger partial charge in [-0.2, -0.15) is 0 Å². The zero-order valence-electron chi connectivity index (χ0n) is 20.7. The molecule has 1 amide bonds. The summed E-state index contributed by atoms with van der Waals surface area (Å²) >= 11 is 1.24. The molecule has 0 spiro atoms. The molecule has 8 heteroatoms. The minimum absolute atomic E-state index is 0.0667. The number of amides is 1. The van der Waals surface area contributed by atoms with E-state index in [4.69, 9.17) is 9.84 Å². The number of carboxylic acids is 1. The van der Waals surface area contributed by atoms with Gasteiger partial charge in [-0.1, -0.05) is 50.2 Å². The number of carboxylic acid groups (broad SMARTS) is 1. The smallest absolute Gasteiger partial charge is 0.377 e.